The Morgan fingerprint density at radius 1 is 0.962 bits per heavy atom. The van der Waals surface area contributed by atoms with Crippen molar-refractivity contribution < 1.29 is 18.8 Å². The van der Waals surface area contributed by atoms with Gasteiger partial charge in [0, 0.05) is 16.8 Å². The average Bonchev–Trinajstić information content (AvgIpc) is 2.59. The number of hydrogen-bond acceptors (Lipinski definition) is 3. The van der Waals surface area contributed by atoms with Crippen LogP contribution in [0.2, 0.25) is 0 Å². The molecule has 2 aromatic carbocycles. The minimum atomic E-state index is -0.784. The maximum absolute atomic E-state index is 13.0. The Labute approximate surface area is 151 Å². The monoisotopic (exact) mass is 356 g/mol. The fourth-order valence-corrected chi connectivity index (χ4v) is 2.40. The third kappa shape index (κ3) is 4.99. The predicted octanol–water partition coefficient (Wildman–Crippen LogP) is 3.42. The Morgan fingerprint density at radius 2 is 1.62 bits per heavy atom. The van der Waals surface area contributed by atoms with Crippen molar-refractivity contribution in [3.63, 3.8) is 0 Å². The van der Waals surface area contributed by atoms with E-state index >= 15 is 0 Å². The van der Waals surface area contributed by atoms with Crippen LogP contribution < -0.4 is 10.6 Å². The summed E-state index contributed by atoms with van der Waals surface area (Å²) < 4.78 is 13.0. The lowest BCUT2D eigenvalue weighted by Crippen LogP contribution is -2.47. The first-order chi connectivity index (χ1) is 12.3. The molecule has 2 aromatic rings. The van der Waals surface area contributed by atoms with E-state index in [0.29, 0.717) is 11.3 Å². The SMILES string of the molecule is CC(=O)c1cccc(NC(=O)C(NC(=O)c2ccc(F)cc2)C(C)C)c1. The van der Waals surface area contributed by atoms with Gasteiger partial charge >= 0.3 is 0 Å². The summed E-state index contributed by atoms with van der Waals surface area (Å²) in [5.41, 5.74) is 1.23. The van der Waals surface area contributed by atoms with Crippen LogP contribution in [0.1, 0.15) is 41.5 Å². The molecule has 0 bridgehead atoms. The lowest BCUT2D eigenvalue weighted by Gasteiger charge is -2.22. The molecule has 0 radical (unpaired) electrons. The van der Waals surface area contributed by atoms with E-state index in [9.17, 15) is 18.8 Å². The van der Waals surface area contributed by atoms with Gasteiger partial charge in [0.2, 0.25) is 5.91 Å². The molecule has 0 aliphatic heterocycles. The summed E-state index contributed by atoms with van der Waals surface area (Å²) >= 11 is 0. The van der Waals surface area contributed by atoms with E-state index in [1.807, 2.05) is 0 Å². The Hall–Kier alpha value is -3.02. The first-order valence-corrected chi connectivity index (χ1v) is 8.26. The fraction of sp³-hybridized carbons (Fsp3) is 0.250. The van der Waals surface area contributed by atoms with Gasteiger partial charge in [0.15, 0.2) is 5.78 Å². The Balaban J connectivity index is 2.12. The Morgan fingerprint density at radius 3 is 2.19 bits per heavy atom. The van der Waals surface area contributed by atoms with Crippen molar-refractivity contribution in [2.75, 3.05) is 5.32 Å². The molecule has 2 rings (SSSR count). The highest BCUT2D eigenvalue weighted by Gasteiger charge is 2.25. The normalized spacial score (nSPS) is 11.7. The van der Waals surface area contributed by atoms with Gasteiger partial charge in [-0.1, -0.05) is 26.0 Å². The molecule has 0 fully saturated rings. The van der Waals surface area contributed by atoms with Crippen LogP contribution in [-0.4, -0.2) is 23.6 Å². The minimum Gasteiger partial charge on any atom is -0.340 e. The summed E-state index contributed by atoms with van der Waals surface area (Å²) in [5, 5.41) is 5.39. The summed E-state index contributed by atoms with van der Waals surface area (Å²) in [6.45, 7) is 5.06. The van der Waals surface area contributed by atoms with Gasteiger partial charge in [-0.2, -0.15) is 0 Å². The molecular weight excluding hydrogens is 335 g/mol. The van der Waals surface area contributed by atoms with Crippen LogP contribution in [0, 0.1) is 11.7 Å². The fourth-order valence-electron chi connectivity index (χ4n) is 2.40. The van der Waals surface area contributed by atoms with E-state index in [0.717, 1.165) is 0 Å². The standard InChI is InChI=1S/C20H21FN2O3/c1-12(2)18(23-19(25)14-7-9-16(21)10-8-14)20(26)22-17-6-4-5-15(11-17)13(3)24/h4-12,18H,1-3H3,(H,22,26)(H,23,25). The van der Waals surface area contributed by atoms with Gasteiger partial charge in [-0.25, -0.2) is 4.39 Å². The van der Waals surface area contributed by atoms with Crippen molar-refractivity contribution in [1.29, 1.82) is 0 Å². The second-order valence-electron chi connectivity index (χ2n) is 6.33. The van der Waals surface area contributed by atoms with Gasteiger partial charge in [-0.05, 0) is 49.2 Å². The van der Waals surface area contributed by atoms with Crippen LogP contribution >= 0.6 is 0 Å². The molecule has 0 aromatic heterocycles. The molecule has 2 amide bonds. The number of anilines is 1. The first-order valence-electron chi connectivity index (χ1n) is 8.26. The van der Waals surface area contributed by atoms with Crippen LogP contribution in [0.25, 0.3) is 0 Å². The Bertz CT molecular complexity index is 816. The summed E-state index contributed by atoms with van der Waals surface area (Å²) in [7, 11) is 0. The zero-order valence-electron chi connectivity index (χ0n) is 14.9. The second kappa shape index (κ2) is 8.38. The third-order valence-corrected chi connectivity index (χ3v) is 3.88. The van der Waals surface area contributed by atoms with Crippen molar-refractivity contribution in [2.24, 2.45) is 5.92 Å². The zero-order chi connectivity index (χ0) is 19.3. The first kappa shape index (κ1) is 19.3. The van der Waals surface area contributed by atoms with Crippen LogP contribution in [-0.2, 0) is 4.79 Å². The van der Waals surface area contributed by atoms with E-state index in [4.69, 9.17) is 0 Å². The molecule has 26 heavy (non-hydrogen) atoms. The lowest BCUT2D eigenvalue weighted by atomic mass is 10.0. The Kier molecular flexibility index (Phi) is 6.22. The number of rotatable bonds is 6. The van der Waals surface area contributed by atoms with Crippen LogP contribution in [0.5, 0.6) is 0 Å². The highest BCUT2D eigenvalue weighted by Crippen LogP contribution is 2.14. The highest BCUT2D eigenvalue weighted by atomic mass is 19.1. The van der Waals surface area contributed by atoms with Gasteiger partial charge in [0.1, 0.15) is 11.9 Å². The van der Waals surface area contributed by atoms with Crippen molar-refractivity contribution in [3.05, 3.63) is 65.5 Å². The van der Waals surface area contributed by atoms with Crippen molar-refractivity contribution in [2.45, 2.75) is 26.8 Å². The number of carbonyl (C=O) groups is 3. The molecular formula is C20H21FN2O3. The number of amides is 2. The minimum absolute atomic E-state index is 0.105. The number of hydrogen-bond donors (Lipinski definition) is 2. The number of Topliss-reactive ketones (excluding diaryl/α,β-unsaturated/α-hetero) is 1. The molecule has 0 aliphatic carbocycles. The topological polar surface area (TPSA) is 75.3 Å². The molecule has 136 valence electrons. The molecule has 1 atom stereocenters. The zero-order valence-corrected chi connectivity index (χ0v) is 14.9. The number of carbonyl (C=O) groups excluding carboxylic acids is 3. The molecule has 2 N–H and O–H groups in total. The molecule has 0 saturated heterocycles. The summed E-state index contributed by atoms with van der Waals surface area (Å²) in [6, 6.07) is 10.9. The highest BCUT2D eigenvalue weighted by molar-refractivity contribution is 6.02. The number of benzene rings is 2. The van der Waals surface area contributed by atoms with Gasteiger partial charge in [-0.15, -0.1) is 0 Å². The van der Waals surface area contributed by atoms with Crippen molar-refractivity contribution in [1.82, 2.24) is 5.32 Å². The van der Waals surface area contributed by atoms with Gasteiger partial charge < -0.3 is 10.6 Å². The largest absolute Gasteiger partial charge is 0.340 e. The molecule has 0 heterocycles. The van der Waals surface area contributed by atoms with Crippen molar-refractivity contribution >= 4 is 23.3 Å². The lowest BCUT2D eigenvalue weighted by molar-refractivity contribution is -0.118. The smallest absolute Gasteiger partial charge is 0.251 e. The van der Waals surface area contributed by atoms with Gasteiger partial charge in [0.05, 0.1) is 0 Å². The van der Waals surface area contributed by atoms with Gasteiger partial charge in [-0.3, -0.25) is 14.4 Å². The number of ketones is 1. The predicted molar refractivity (Wildman–Crippen MR) is 97.6 cm³/mol. The van der Waals surface area contributed by atoms with E-state index in [2.05, 4.69) is 10.6 Å². The van der Waals surface area contributed by atoms with E-state index in [-0.39, 0.29) is 17.3 Å². The maximum atomic E-state index is 13.0. The quantitative estimate of drug-likeness (QED) is 0.779. The molecule has 5 nitrogen and oxygen atoms in total. The molecule has 0 saturated carbocycles. The van der Waals surface area contributed by atoms with E-state index in [1.54, 1.807) is 38.1 Å². The third-order valence-electron chi connectivity index (χ3n) is 3.88. The second-order valence-corrected chi connectivity index (χ2v) is 6.33. The maximum Gasteiger partial charge on any atom is 0.251 e. The molecule has 0 aliphatic rings. The van der Waals surface area contributed by atoms with Crippen LogP contribution in [0.15, 0.2) is 48.5 Å². The summed E-state index contributed by atoms with van der Waals surface area (Å²) in [5.74, 6) is -1.57. The summed E-state index contributed by atoms with van der Waals surface area (Å²) in [6.07, 6.45) is 0. The van der Waals surface area contributed by atoms with E-state index < -0.39 is 23.7 Å². The average molecular weight is 356 g/mol. The molecule has 6 heteroatoms. The molecule has 0 spiro atoms. The van der Waals surface area contributed by atoms with Crippen LogP contribution in [0.4, 0.5) is 10.1 Å². The van der Waals surface area contributed by atoms with Crippen molar-refractivity contribution in [3.8, 4) is 0 Å². The van der Waals surface area contributed by atoms with Crippen LogP contribution in [0.3, 0.4) is 0 Å². The number of halogens is 1. The van der Waals surface area contributed by atoms with Gasteiger partial charge in [0.25, 0.3) is 5.91 Å². The molecule has 1 unspecified atom stereocenters. The number of nitrogens with one attached hydrogen (secondary N) is 2. The summed E-state index contributed by atoms with van der Waals surface area (Å²) in [4.78, 5) is 36.4. The van der Waals surface area contributed by atoms with E-state index in [1.165, 1.54) is 31.2 Å².